The van der Waals surface area contributed by atoms with Crippen LogP contribution in [0.5, 0.6) is 11.5 Å². The van der Waals surface area contributed by atoms with Crippen LogP contribution in [0.1, 0.15) is 29.3 Å². The van der Waals surface area contributed by atoms with Crippen molar-refractivity contribution in [3.63, 3.8) is 0 Å². The van der Waals surface area contributed by atoms with E-state index < -0.39 is 10.8 Å². The van der Waals surface area contributed by atoms with Crippen LogP contribution >= 0.6 is 10.8 Å². The second kappa shape index (κ2) is 8.10. The van der Waals surface area contributed by atoms with Crippen LogP contribution < -0.4 is 4.74 Å². The Labute approximate surface area is 176 Å². The van der Waals surface area contributed by atoms with Gasteiger partial charge in [-0.2, -0.15) is 0 Å². The van der Waals surface area contributed by atoms with Crippen LogP contribution in [0.15, 0.2) is 72.8 Å². The molecule has 1 atom stereocenters. The molecule has 1 aromatic heterocycles. The minimum atomic E-state index is -1.53. The Kier molecular flexibility index (Phi) is 5.35. The van der Waals surface area contributed by atoms with Crippen molar-refractivity contribution < 1.29 is 24.0 Å². The highest BCUT2D eigenvalue weighted by molar-refractivity contribution is 7.35. The van der Waals surface area contributed by atoms with Crippen molar-refractivity contribution in [2.75, 3.05) is 0 Å². The molecule has 4 rings (SSSR count). The molecule has 0 aliphatic heterocycles. The number of hydrogen-bond donors (Lipinski definition) is 1. The average molecular weight is 418 g/mol. The van der Waals surface area contributed by atoms with Crippen molar-refractivity contribution >= 4 is 32.6 Å². The molecule has 1 N–H and O–H groups in total. The van der Waals surface area contributed by atoms with Crippen LogP contribution in [0, 0.1) is 0 Å². The van der Waals surface area contributed by atoms with E-state index >= 15 is 0 Å². The van der Waals surface area contributed by atoms with E-state index in [4.69, 9.17) is 4.74 Å². The zero-order chi connectivity index (χ0) is 21.3. The maximum absolute atomic E-state index is 13.4. The van der Waals surface area contributed by atoms with E-state index in [1.165, 1.54) is 12.1 Å². The number of ketones is 1. The zero-order valence-corrected chi connectivity index (χ0v) is 16.9. The molecule has 0 aliphatic rings. The predicted octanol–water partition coefficient (Wildman–Crippen LogP) is 5.49. The third-order valence-electron chi connectivity index (χ3n) is 4.76. The molecule has 0 fully saturated rings. The fraction of sp³-hybridized carbons (Fsp3) is 0.0833. The van der Waals surface area contributed by atoms with E-state index in [1.807, 2.05) is 0 Å². The number of ether oxygens (including phenoxy) is 1. The first-order chi connectivity index (χ1) is 14.5. The first kappa shape index (κ1) is 19.8. The van der Waals surface area contributed by atoms with Gasteiger partial charge in [-0.3, -0.25) is 9.59 Å². The van der Waals surface area contributed by atoms with Crippen molar-refractivity contribution in [2.24, 2.45) is 0 Å². The van der Waals surface area contributed by atoms with Gasteiger partial charge >= 0.3 is 5.97 Å². The molecule has 1 unspecified atom stereocenters. The third-order valence-corrected chi connectivity index (χ3v) is 6.33. The van der Waals surface area contributed by atoms with Crippen molar-refractivity contribution in [1.29, 1.82) is 0 Å². The van der Waals surface area contributed by atoms with Gasteiger partial charge in [-0.25, -0.2) is 0 Å². The van der Waals surface area contributed by atoms with E-state index in [9.17, 15) is 19.2 Å². The topological polar surface area (TPSA) is 86.7 Å². The number of hydrogen-bond acceptors (Lipinski definition) is 5. The van der Waals surface area contributed by atoms with E-state index in [-0.39, 0.29) is 23.9 Å². The summed E-state index contributed by atoms with van der Waals surface area (Å²) in [6.07, 6.45) is 0.261. The van der Waals surface area contributed by atoms with Gasteiger partial charge in [0.05, 0.1) is 10.9 Å². The van der Waals surface area contributed by atoms with Crippen LogP contribution in [0.2, 0.25) is 0 Å². The molecule has 150 valence electrons. The number of aromatic hydroxyl groups is 1. The summed E-state index contributed by atoms with van der Waals surface area (Å²) >= 11 is 0. The van der Waals surface area contributed by atoms with Crippen LogP contribution in [0.25, 0.3) is 20.5 Å². The Bertz CT molecular complexity index is 1240. The van der Waals surface area contributed by atoms with E-state index in [1.54, 1.807) is 67.6 Å². The van der Waals surface area contributed by atoms with Gasteiger partial charge in [0, 0.05) is 17.5 Å². The van der Waals surface area contributed by atoms with Crippen LogP contribution in [-0.2, 0) is 4.79 Å². The Morgan fingerprint density at radius 2 is 1.63 bits per heavy atom. The number of fused-ring (bicyclic) bond motifs is 1. The molecule has 0 aliphatic carbocycles. The van der Waals surface area contributed by atoms with Crippen molar-refractivity contribution in [2.45, 2.75) is 13.3 Å². The molecule has 0 amide bonds. The van der Waals surface area contributed by atoms with Gasteiger partial charge in [0.1, 0.15) is 11.5 Å². The Hall–Kier alpha value is -3.48. The number of esters is 1. The summed E-state index contributed by atoms with van der Waals surface area (Å²) in [5.41, 5.74) is 1.37. The van der Waals surface area contributed by atoms with E-state index in [2.05, 4.69) is 0 Å². The minimum absolute atomic E-state index is 0.0633. The smallest absolute Gasteiger partial charge is 0.310 e. The minimum Gasteiger partial charge on any atom is -0.590 e. The second-order valence-electron chi connectivity index (χ2n) is 6.70. The Balaban J connectivity index is 1.86. The van der Waals surface area contributed by atoms with Gasteiger partial charge < -0.3 is 14.4 Å². The lowest BCUT2D eigenvalue weighted by atomic mass is 9.97. The summed E-state index contributed by atoms with van der Waals surface area (Å²) in [6, 6.07) is 19.7. The molecule has 0 spiro atoms. The van der Waals surface area contributed by atoms with Gasteiger partial charge in [0.25, 0.3) is 0 Å². The Morgan fingerprint density at radius 3 is 2.30 bits per heavy atom. The number of phenols is 1. The number of thiophene rings is 1. The molecule has 0 saturated carbocycles. The summed E-state index contributed by atoms with van der Waals surface area (Å²) in [4.78, 5) is 25.3. The fourth-order valence-corrected chi connectivity index (χ4v) is 4.80. The number of phenolic OH excluding ortho intramolecular Hbond substituents is 1. The normalized spacial score (nSPS) is 11.5. The number of carbonyl (C=O) groups excluding carboxylic acids is 2. The van der Waals surface area contributed by atoms with Crippen LogP contribution in [-0.4, -0.2) is 21.4 Å². The standard InChI is InChI=1S/C24H18O5S/c1-2-21(26)29-18-13-9-16(10-14-18)24-22(19-5-3-4-6-20(19)30(24)28)23(27)15-7-11-17(25)12-8-15/h3-14,25H,2H2,1H3. The lowest BCUT2D eigenvalue weighted by Crippen LogP contribution is -2.05. The maximum Gasteiger partial charge on any atom is 0.310 e. The molecule has 0 bridgehead atoms. The molecule has 30 heavy (non-hydrogen) atoms. The van der Waals surface area contributed by atoms with Gasteiger partial charge in [-0.05, 0) is 71.4 Å². The number of carbonyl (C=O) groups is 2. The molecular formula is C24H18O5S. The van der Waals surface area contributed by atoms with Crippen molar-refractivity contribution in [3.8, 4) is 21.9 Å². The van der Waals surface area contributed by atoms with Crippen LogP contribution in [0.3, 0.4) is 0 Å². The highest BCUT2D eigenvalue weighted by Gasteiger charge is 2.29. The van der Waals surface area contributed by atoms with Gasteiger partial charge in [-0.1, -0.05) is 19.1 Å². The van der Waals surface area contributed by atoms with E-state index in [0.717, 1.165) is 0 Å². The van der Waals surface area contributed by atoms with Crippen molar-refractivity contribution in [3.05, 3.63) is 83.9 Å². The molecule has 6 heteroatoms. The summed E-state index contributed by atoms with van der Waals surface area (Å²) in [6.45, 7) is 1.71. The summed E-state index contributed by atoms with van der Waals surface area (Å²) in [5.74, 6) is -0.168. The maximum atomic E-state index is 13.4. The first-order valence-corrected chi connectivity index (χ1v) is 10.5. The molecule has 0 radical (unpaired) electrons. The van der Waals surface area contributed by atoms with Gasteiger partial charge in [0.15, 0.2) is 15.4 Å². The lowest BCUT2D eigenvalue weighted by Gasteiger charge is -2.06. The largest absolute Gasteiger partial charge is 0.590 e. The van der Waals surface area contributed by atoms with E-state index in [0.29, 0.717) is 37.4 Å². The number of rotatable bonds is 5. The van der Waals surface area contributed by atoms with Gasteiger partial charge in [0.2, 0.25) is 0 Å². The third kappa shape index (κ3) is 3.58. The quantitative estimate of drug-likeness (QED) is 0.201. The fourth-order valence-electron chi connectivity index (χ4n) is 3.27. The molecular weight excluding hydrogens is 400 g/mol. The van der Waals surface area contributed by atoms with Gasteiger partial charge in [-0.15, -0.1) is 0 Å². The predicted molar refractivity (Wildman–Crippen MR) is 116 cm³/mol. The number of benzene rings is 3. The monoisotopic (exact) mass is 418 g/mol. The molecule has 5 nitrogen and oxygen atoms in total. The zero-order valence-electron chi connectivity index (χ0n) is 16.1. The molecule has 0 saturated heterocycles. The molecule has 3 aromatic carbocycles. The summed E-state index contributed by atoms with van der Waals surface area (Å²) in [7, 11) is -1.53. The second-order valence-corrected chi connectivity index (χ2v) is 8.08. The SMILES string of the molecule is CCC(=O)Oc1ccc(-c2c(C(=O)c3ccc(O)cc3)c3ccccc3[s+]2[O-])cc1. The molecule has 4 aromatic rings. The van der Waals surface area contributed by atoms with Crippen molar-refractivity contribution in [1.82, 2.24) is 0 Å². The van der Waals surface area contributed by atoms with Crippen LogP contribution in [0.4, 0.5) is 0 Å². The summed E-state index contributed by atoms with van der Waals surface area (Å²) < 4.78 is 19.1. The molecule has 1 heterocycles. The highest BCUT2D eigenvalue weighted by Crippen LogP contribution is 2.45. The first-order valence-electron chi connectivity index (χ1n) is 9.40. The lowest BCUT2D eigenvalue weighted by molar-refractivity contribution is -0.134. The highest BCUT2D eigenvalue weighted by atomic mass is 32.2. The Morgan fingerprint density at radius 1 is 0.967 bits per heavy atom. The average Bonchev–Trinajstić information content (AvgIpc) is 3.07. The summed E-state index contributed by atoms with van der Waals surface area (Å²) in [5, 5.41) is 10.2.